The zero-order valence-electron chi connectivity index (χ0n) is 16.3. The summed E-state index contributed by atoms with van der Waals surface area (Å²) in [6.07, 6.45) is -0.715. The zero-order valence-corrected chi connectivity index (χ0v) is 17.1. The molecule has 0 aromatic heterocycles. The average Bonchev–Trinajstić information content (AvgIpc) is 2.73. The van der Waals surface area contributed by atoms with Crippen molar-refractivity contribution >= 4 is 34.8 Å². The minimum Gasteiger partial charge on any atom is -0.495 e. The van der Waals surface area contributed by atoms with Gasteiger partial charge in [0.15, 0.2) is 6.10 Å². The Hall–Kier alpha value is -3.13. The monoisotopic (exact) mass is 419 g/mol. The first-order chi connectivity index (χ1) is 14.0. The first-order valence-corrected chi connectivity index (χ1v) is 9.28. The molecule has 0 saturated carbocycles. The second kappa shape index (κ2) is 8.91. The third-order valence-corrected chi connectivity index (χ3v) is 4.78. The van der Waals surface area contributed by atoms with Crippen molar-refractivity contribution in [2.24, 2.45) is 0 Å². The Balaban J connectivity index is 1.80. The summed E-state index contributed by atoms with van der Waals surface area (Å²) in [5, 5.41) is 5.77. The van der Waals surface area contributed by atoms with E-state index in [1.165, 1.54) is 14.2 Å². The lowest BCUT2D eigenvalue weighted by atomic mass is 10.1. The van der Waals surface area contributed by atoms with E-state index in [0.29, 0.717) is 28.0 Å². The fraction of sp³-hybridized carbons (Fsp3) is 0.300. The van der Waals surface area contributed by atoms with Gasteiger partial charge in [-0.05, 0) is 12.1 Å². The van der Waals surface area contributed by atoms with Gasteiger partial charge in [-0.25, -0.2) is 0 Å². The Morgan fingerprint density at radius 1 is 1.21 bits per heavy atom. The number of carbonyl (C=O) groups is 2. The summed E-state index contributed by atoms with van der Waals surface area (Å²) in [6, 6.07) is 10.4. The largest absolute Gasteiger partial charge is 0.495 e. The molecule has 154 valence electrons. The number of amides is 2. The number of nitrogens with zero attached hydrogens (tertiary/aromatic N) is 1. The highest BCUT2D eigenvalue weighted by atomic mass is 35.5. The number of methoxy groups -OCH3 is 2. The van der Waals surface area contributed by atoms with Crippen molar-refractivity contribution in [1.82, 2.24) is 5.32 Å². The van der Waals surface area contributed by atoms with Crippen molar-refractivity contribution < 1.29 is 23.8 Å². The van der Waals surface area contributed by atoms with E-state index < -0.39 is 6.10 Å². The van der Waals surface area contributed by atoms with Crippen molar-refractivity contribution in [1.29, 1.82) is 0 Å². The van der Waals surface area contributed by atoms with E-state index >= 15 is 0 Å². The van der Waals surface area contributed by atoms with Crippen molar-refractivity contribution in [2.45, 2.75) is 6.10 Å². The van der Waals surface area contributed by atoms with E-state index in [2.05, 4.69) is 10.6 Å². The minimum atomic E-state index is -0.715. The predicted molar refractivity (Wildman–Crippen MR) is 110 cm³/mol. The van der Waals surface area contributed by atoms with Crippen LogP contribution < -0.4 is 29.7 Å². The fourth-order valence-electron chi connectivity index (χ4n) is 3.08. The number of hydrogen-bond acceptors (Lipinski definition) is 6. The third kappa shape index (κ3) is 4.48. The maximum atomic E-state index is 12.8. The summed E-state index contributed by atoms with van der Waals surface area (Å²) in [5.41, 5.74) is 1.17. The Labute approximate surface area is 173 Å². The molecule has 1 aliphatic heterocycles. The van der Waals surface area contributed by atoms with Crippen LogP contribution in [-0.2, 0) is 9.59 Å². The van der Waals surface area contributed by atoms with Crippen LogP contribution in [0.3, 0.4) is 0 Å². The zero-order chi connectivity index (χ0) is 21.0. The lowest BCUT2D eigenvalue weighted by Gasteiger charge is -2.35. The molecule has 1 atom stereocenters. The molecular weight excluding hydrogens is 398 g/mol. The molecule has 0 unspecified atom stereocenters. The van der Waals surface area contributed by atoms with Crippen LogP contribution in [-0.4, -0.2) is 52.3 Å². The number of hydrogen-bond donors (Lipinski definition) is 2. The van der Waals surface area contributed by atoms with Gasteiger partial charge in [-0.15, -0.1) is 0 Å². The number of fused-ring (bicyclic) bond motifs is 1. The van der Waals surface area contributed by atoms with Crippen LogP contribution in [0.5, 0.6) is 17.2 Å². The molecule has 2 N–H and O–H groups in total. The molecule has 0 bridgehead atoms. The highest BCUT2D eigenvalue weighted by Gasteiger charge is 2.31. The van der Waals surface area contributed by atoms with E-state index in [1.54, 1.807) is 30.1 Å². The summed E-state index contributed by atoms with van der Waals surface area (Å²) < 4.78 is 16.3. The van der Waals surface area contributed by atoms with Gasteiger partial charge in [0, 0.05) is 19.2 Å². The van der Waals surface area contributed by atoms with Crippen molar-refractivity contribution in [3.63, 3.8) is 0 Å². The molecule has 2 aromatic rings. The second-order valence-electron chi connectivity index (χ2n) is 6.30. The summed E-state index contributed by atoms with van der Waals surface area (Å²) in [4.78, 5) is 26.6. The lowest BCUT2D eigenvalue weighted by Crippen LogP contribution is -2.50. The SMILES string of the molecule is CNC(=O)[C@H]1CN(CC(=O)Nc2cc(OC)c(Cl)cc2OC)c2ccccc2O1. The molecule has 0 spiro atoms. The van der Waals surface area contributed by atoms with Gasteiger partial charge in [0.2, 0.25) is 5.91 Å². The number of halogens is 1. The minimum absolute atomic E-state index is 0.0158. The van der Waals surface area contributed by atoms with Gasteiger partial charge in [0.1, 0.15) is 17.2 Å². The van der Waals surface area contributed by atoms with Gasteiger partial charge in [-0.3, -0.25) is 9.59 Å². The normalized spacial score (nSPS) is 15.0. The smallest absolute Gasteiger partial charge is 0.262 e. The maximum Gasteiger partial charge on any atom is 0.262 e. The fourth-order valence-corrected chi connectivity index (χ4v) is 3.31. The van der Waals surface area contributed by atoms with Crippen LogP contribution in [0.15, 0.2) is 36.4 Å². The molecule has 29 heavy (non-hydrogen) atoms. The molecule has 2 amide bonds. The highest BCUT2D eigenvalue weighted by Crippen LogP contribution is 2.36. The molecule has 0 aliphatic carbocycles. The number of benzene rings is 2. The van der Waals surface area contributed by atoms with Gasteiger partial charge in [0.25, 0.3) is 5.91 Å². The summed E-state index contributed by atoms with van der Waals surface area (Å²) in [5.74, 6) is 0.828. The van der Waals surface area contributed by atoms with Crippen molar-refractivity contribution in [3.05, 3.63) is 41.4 Å². The molecule has 8 nitrogen and oxygen atoms in total. The molecule has 0 radical (unpaired) electrons. The molecule has 0 fully saturated rings. The molecule has 1 heterocycles. The molecule has 3 rings (SSSR count). The van der Waals surface area contributed by atoms with Crippen LogP contribution in [0.1, 0.15) is 0 Å². The van der Waals surface area contributed by atoms with Gasteiger partial charge >= 0.3 is 0 Å². The van der Waals surface area contributed by atoms with E-state index in [9.17, 15) is 9.59 Å². The maximum absolute atomic E-state index is 12.8. The molecular formula is C20H22ClN3O5. The standard InChI is InChI=1S/C20H22ClN3O5/c1-22-20(26)18-10-24(14-6-4-5-7-15(14)29-18)11-19(25)23-13-9-16(27-2)12(21)8-17(13)28-3/h4-9,18H,10-11H2,1-3H3,(H,22,26)(H,23,25)/t18-/m1/s1. The number of anilines is 2. The van der Waals surface area contributed by atoms with Crippen LogP contribution in [0.2, 0.25) is 5.02 Å². The summed E-state index contributed by atoms with van der Waals surface area (Å²) in [6.45, 7) is 0.257. The molecule has 0 saturated heterocycles. The number of ether oxygens (including phenoxy) is 3. The van der Waals surface area contributed by atoms with Gasteiger partial charge in [0.05, 0.1) is 43.7 Å². The third-order valence-electron chi connectivity index (χ3n) is 4.48. The second-order valence-corrected chi connectivity index (χ2v) is 6.71. The first-order valence-electron chi connectivity index (χ1n) is 8.90. The number of nitrogens with one attached hydrogen (secondary N) is 2. The molecule has 9 heteroatoms. The Morgan fingerprint density at radius 3 is 2.62 bits per heavy atom. The first kappa shape index (κ1) is 20.6. The van der Waals surface area contributed by atoms with Gasteiger partial charge < -0.3 is 29.7 Å². The van der Waals surface area contributed by atoms with Crippen LogP contribution >= 0.6 is 11.6 Å². The van der Waals surface area contributed by atoms with Crippen molar-refractivity contribution in [2.75, 3.05) is 44.6 Å². The number of rotatable bonds is 6. The summed E-state index contributed by atoms with van der Waals surface area (Å²) in [7, 11) is 4.52. The van der Waals surface area contributed by atoms with Crippen LogP contribution in [0, 0.1) is 0 Å². The Morgan fingerprint density at radius 2 is 1.93 bits per heavy atom. The average molecular weight is 420 g/mol. The van der Waals surface area contributed by atoms with Crippen LogP contribution in [0.25, 0.3) is 0 Å². The van der Waals surface area contributed by atoms with E-state index in [1.807, 2.05) is 18.2 Å². The van der Waals surface area contributed by atoms with Gasteiger partial charge in [-0.1, -0.05) is 23.7 Å². The topological polar surface area (TPSA) is 89.1 Å². The molecule has 2 aromatic carbocycles. The Kier molecular flexibility index (Phi) is 6.33. The number of likely N-dealkylation sites (N-methyl/N-ethyl adjacent to an activating group) is 1. The predicted octanol–water partition coefficient (Wildman–Crippen LogP) is 2.31. The lowest BCUT2D eigenvalue weighted by molar-refractivity contribution is -0.127. The number of para-hydroxylation sites is 2. The van der Waals surface area contributed by atoms with Crippen LogP contribution in [0.4, 0.5) is 11.4 Å². The molecule has 1 aliphatic rings. The Bertz CT molecular complexity index is 921. The summed E-state index contributed by atoms with van der Waals surface area (Å²) >= 11 is 6.11. The van der Waals surface area contributed by atoms with Crippen molar-refractivity contribution in [3.8, 4) is 17.2 Å². The van der Waals surface area contributed by atoms with E-state index in [4.69, 9.17) is 25.8 Å². The quantitative estimate of drug-likeness (QED) is 0.747. The highest BCUT2D eigenvalue weighted by molar-refractivity contribution is 6.32. The van der Waals surface area contributed by atoms with E-state index in [0.717, 1.165) is 5.69 Å². The van der Waals surface area contributed by atoms with Gasteiger partial charge in [-0.2, -0.15) is 0 Å². The van der Waals surface area contributed by atoms with E-state index in [-0.39, 0.29) is 24.9 Å². The number of carbonyl (C=O) groups excluding carboxylic acids is 2.